The van der Waals surface area contributed by atoms with Gasteiger partial charge in [0.05, 0.1) is 25.5 Å². The zero-order valence-corrected chi connectivity index (χ0v) is 15.9. The van der Waals surface area contributed by atoms with E-state index < -0.39 is 11.6 Å². The highest BCUT2D eigenvalue weighted by Gasteiger charge is 2.45. The van der Waals surface area contributed by atoms with Crippen LogP contribution < -0.4 is 5.32 Å². The van der Waals surface area contributed by atoms with Crippen LogP contribution in [-0.2, 0) is 32.9 Å². The van der Waals surface area contributed by atoms with E-state index >= 15 is 4.39 Å². The van der Waals surface area contributed by atoms with Gasteiger partial charge in [-0.05, 0) is 39.0 Å². The Hall–Kier alpha value is -1.54. The van der Waals surface area contributed by atoms with Crippen molar-refractivity contribution in [1.29, 1.82) is 0 Å². The average molecular weight is 370 g/mol. The van der Waals surface area contributed by atoms with Gasteiger partial charge in [-0.1, -0.05) is 18.6 Å². The van der Waals surface area contributed by atoms with E-state index in [4.69, 9.17) is 9.47 Å². The second-order valence-corrected chi connectivity index (χ2v) is 6.53. The van der Waals surface area contributed by atoms with Crippen molar-refractivity contribution >= 4 is 5.91 Å². The Balaban J connectivity index is 1.98. The summed E-state index contributed by atoms with van der Waals surface area (Å²) in [6.07, 6.45) is 4.27. The molecule has 0 saturated heterocycles. The summed E-state index contributed by atoms with van der Waals surface area (Å²) in [6, 6.07) is 0. The molecule has 0 aliphatic heterocycles. The van der Waals surface area contributed by atoms with Crippen molar-refractivity contribution in [3.63, 3.8) is 0 Å². The summed E-state index contributed by atoms with van der Waals surface area (Å²) >= 11 is 0. The molecule has 1 N–H and O–H groups in total. The van der Waals surface area contributed by atoms with Gasteiger partial charge in [0.1, 0.15) is 5.69 Å². The number of alkyl halides is 1. The molecule has 1 aliphatic carbocycles. The quantitative estimate of drug-likeness (QED) is 0.639. The van der Waals surface area contributed by atoms with E-state index in [-0.39, 0.29) is 18.7 Å². The van der Waals surface area contributed by atoms with Gasteiger partial charge in [-0.3, -0.25) is 4.79 Å². The van der Waals surface area contributed by atoms with Crippen molar-refractivity contribution in [3.8, 4) is 0 Å². The lowest BCUT2D eigenvalue weighted by Crippen LogP contribution is -2.44. The summed E-state index contributed by atoms with van der Waals surface area (Å²) in [4.78, 5) is 12.6. The highest BCUT2D eigenvalue weighted by atomic mass is 19.1. The molecular weight excluding hydrogens is 339 g/mol. The molecule has 0 spiro atoms. The summed E-state index contributed by atoms with van der Waals surface area (Å²) in [5.41, 5.74) is -1.16. The van der Waals surface area contributed by atoms with Crippen LogP contribution in [0.2, 0.25) is 0 Å². The van der Waals surface area contributed by atoms with Crippen LogP contribution in [0, 0.1) is 0 Å². The number of fused-ring (bicyclic) bond motifs is 1. The zero-order valence-electron chi connectivity index (χ0n) is 15.9. The Morgan fingerprint density at radius 3 is 2.81 bits per heavy atom. The number of amides is 1. The van der Waals surface area contributed by atoms with Crippen LogP contribution in [0.1, 0.15) is 57.3 Å². The van der Waals surface area contributed by atoms with Crippen LogP contribution in [0.15, 0.2) is 0 Å². The first-order valence-corrected chi connectivity index (χ1v) is 9.69. The maximum Gasteiger partial charge on any atom is 0.264 e. The smallest absolute Gasteiger partial charge is 0.264 e. The topological polar surface area (TPSA) is 78.3 Å². The van der Waals surface area contributed by atoms with Gasteiger partial charge >= 0.3 is 0 Å². The highest BCUT2D eigenvalue weighted by molar-refractivity contribution is 5.86. The number of hydrogen-bond acceptors (Lipinski definition) is 5. The van der Waals surface area contributed by atoms with Gasteiger partial charge in [-0.15, -0.1) is 5.10 Å². The molecular formula is C18H31FN4O3. The largest absolute Gasteiger partial charge is 0.379 e. The highest BCUT2D eigenvalue weighted by Crippen LogP contribution is 2.36. The van der Waals surface area contributed by atoms with Crippen molar-refractivity contribution in [3.05, 3.63) is 11.4 Å². The molecule has 1 amide bonds. The fraction of sp³-hybridized carbons (Fsp3) is 0.833. The summed E-state index contributed by atoms with van der Waals surface area (Å²) in [7, 11) is 0. The minimum absolute atomic E-state index is 0.141. The molecule has 7 nitrogen and oxygen atoms in total. The second kappa shape index (κ2) is 10.6. The SMILES string of the molecule is CCCn1nnc2c1CCCCCC2(F)C(=O)NCCOCCOCC. The molecule has 1 heterocycles. The van der Waals surface area contributed by atoms with E-state index in [1.54, 1.807) is 4.68 Å². The van der Waals surface area contributed by atoms with Gasteiger partial charge in [0.2, 0.25) is 5.67 Å². The van der Waals surface area contributed by atoms with Gasteiger partial charge in [0.15, 0.2) is 0 Å². The fourth-order valence-electron chi connectivity index (χ4n) is 3.20. The molecule has 0 aromatic carbocycles. The van der Waals surface area contributed by atoms with E-state index in [1.807, 2.05) is 13.8 Å². The number of ether oxygens (including phenoxy) is 2. The molecule has 2 rings (SSSR count). The average Bonchev–Trinajstić information content (AvgIpc) is 3.01. The minimum atomic E-state index is -2.12. The van der Waals surface area contributed by atoms with Crippen LogP contribution in [0.4, 0.5) is 4.39 Å². The molecule has 1 aromatic rings. The van der Waals surface area contributed by atoms with Crippen molar-refractivity contribution in [1.82, 2.24) is 20.3 Å². The molecule has 1 aromatic heterocycles. The van der Waals surface area contributed by atoms with Crippen LogP contribution in [0.3, 0.4) is 0 Å². The molecule has 1 aliphatic rings. The fourth-order valence-corrected chi connectivity index (χ4v) is 3.20. The van der Waals surface area contributed by atoms with Crippen LogP contribution in [0.5, 0.6) is 0 Å². The lowest BCUT2D eigenvalue weighted by atomic mass is 9.88. The van der Waals surface area contributed by atoms with Crippen LogP contribution in [0.25, 0.3) is 0 Å². The van der Waals surface area contributed by atoms with Gasteiger partial charge in [0.25, 0.3) is 5.91 Å². The standard InChI is InChI=1S/C18H31FN4O3/c1-3-11-23-15-8-6-5-7-9-18(19,16(15)21-22-23)17(24)20-10-12-26-14-13-25-4-2/h3-14H2,1-2H3,(H,20,24). The second-order valence-electron chi connectivity index (χ2n) is 6.53. The molecule has 26 heavy (non-hydrogen) atoms. The molecule has 1 atom stereocenters. The summed E-state index contributed by atoms with van der Waals surface area (Å²) in [5.74, 6) is -0.641. The van der Waals surface area contributed by atoms with Gasteiger partial charge in [0, 0.05) is 19.7 Å². The Kier molecular flexibility index (Phi) is 8.44. The number of carbonyl (C=O) groups excluding carboxylic acids is 1. The van der Waals surface area contributed by atoms with E-state index in [0.29, 0.717) is 45.8 Å². The lowest BCUT2D eigenvalue weighted by molar-refractivity contribution is -0.134. The maximum absolute atomic E-state index is 15.7. The molecule has 0 fully saturated rings. The monoisotopic (exact) mass is 370 g/mol. The van der Waals surface area contributed by atoms with Gasteiger partial charge < -0.3 is 14.8 Å². The third-order valence-electron chi connectivity index (χ3n) is 4.55. The Morgan fingerprint density at radius 2 is 2.04 bits per heavy atom. The first-order chi connectivity index (χ1) is 12.6. The first kappa shape index (κ1) is 20.8. The normalized spacial score (nSPS) is 20.3. The van der Waals surface area contributed by atoms with E-state index in [0.717, 1.165) is 25.0 Å². The van der Waals surface area contributed by atoms with Crippen LogP contribution in [-0.4, -0.2) is 53.9 Å². The number of carbonyl (C=O) groups is 1. The number of aromatic nitrogens is 3. The van der Waals surface area contributed by atoms with E-state index in [9.17, 15) is 4.79 Å². The lowest BCUT2D eigenvalue weighted by Gasteiger charge is -2.25. The molecule has 8 heteroatoms. The Morgan fingerprint density at radius 1 is 1.23 bits per heavy atom. The maximum atomic E-state index is 15.7. The summed E-state index contributed by atoms with van der Waals surface area (Å²) in [5, 5.41) is 10.8. The number of aryl methyl sites for hydroxylation is 1. The van der Waals surface area contributed by atoms with E-state index in [1.165, 1.54) is 0 Å². The number of halogens is 1. The van der Waals surface area contributed by atoms with Crippen LogP contribution >= 0.6 is 0 Å². The molecule has 1 unspecified atom stereocenters. The molecule has 0 saturated carbocycles. The number of nitrogens with zero attached hydrogens (tertiary/aromatic N) is 3. The molecule has 148 valence electrons. The predicted octanol–water partition coefficient (Wildman–Crippen LogP) is 2.14. The third-order valence-corrected chi connectivity index (χ3v) is 4.55. The Labute approximate surface area is 154 Å². The van der Waals surface area contributed by atoms with Crippen molar-refractivity contribution < 1.29 is 18.7 Å². The molecule has 0 bridgehead atoms. The van der Waals surface area contributed by atoms with Gasteiger partial charge in [-0.25, -0.2) is 9.07 Å². The predicted molar refractivity (Wildman–Crippen MR) is 95.6 cm³/mol. The number of nitrogens with one attached hydrogen (secondary N) is 1. The van der Waals surface area contributed by atoms with Crippen molar-refractivity contribution in [2.75, 3.05) is 33.0 Å². The third kappa shape index (κ3) is 5.23. The van der Waals surface area contributed by atoms with Crippen molar-refractivity contribution in [2.45, 2.75) is 64.6 Å². The Bertz CT molecular complexity index is 567. The van der Waals surface area contributed by atoms with Gasteiger partial charge in [-0.2, -0.15) is 0 Å². The minimum Gasteiger partial charge on any atom is -0.379 e. The van der Waals surface area contributed by atoms with E-state index in [2.05, 4.69) is 15.6 Å². The number of hydrogen-bond donors (Lipinski definition) is 1. The molecule has 0 radical (unpaired) electrons. The number of rotatable bonds is 10. The zero-order chi connectivity index (χ0) is 18.8. The van der Waals surface area contributed by atoms with Crippen molar-refractivity contribution in [2.24, 2.45) is 0 Å². The summed E-state index contributed by atoms with van der Waals surface area (Å²) < 4.78 is 28.0. The summed E-state index contributed by atoms with van der Waals surface area (Å²) in [6.45, 7) is 6.85. The first-order valence-electron chi connectivity index (χ1n) is 9.69.